The van der Waals surface area contributed by atoms with E-state index in [0.29, 0.717) is 11.8 Å². The minimum atomic E-state index is -0.0623. The first kappa shape index (κ1) is 15.9. The Kier molecular flexibility index (Phi) is 7.20. The quantitative estimate of drug-likeness (QED) is 0.755. The van der Waals surface area contributed by atoms with Gasteiger partial charge in [0.15, 0.2) is 0 Å². The predicted octanol–water partition coefficient (Wildman–Crippen LogP) is 2.06. The Morgan fingerprint density at radius 3 is 2.33 bits per heavy atom. The molecular weight excluding hydrogens is 224 g/mol. The van der Waals surface area contributed by atoms with Crippen LogP contribution in [0.15, 0.2) is 0 Å². The lowest BCUT2D eigenvalue weighted by Gasteiger charge is -2.34. The topological polar surface area (TPSA) is 26.7 Å². The third-order valence-corrected chi connectivity index (χ3v) is 3.85. The highest BCUT2D eigenvalue weighted by atomic mass is 16.3. The van der Waals surface area contributed by atoms with Crippen LogP contribution in [0.4, 0.5) is 0 Å². The van der Waals surface area contributed by atoms with Gasteiger partial charge in [0.25, 0.3) is 0 Å². The molecule has 1 N–H and O–H groups in total. The van der Waals surface area contributed by atoms with Crippen molar-refractivity contribution in [3.8, 4) is 0 Å². The van der Waals surface area contributed by atoms with E-state index in [0.717, 1.165) is 32.6 Å². The Bertz CT molecular complexity index is 219. The molecule has 1 aliphatic rings. The van der Waals surface area contributed by atoms with Gasteiger partial charge in [-0.1, -0.05) is 26.7 Å². The van der Waals surface area contributed by atoms with E-state index in [-0.39, 0.29) is 6.10 Å². The highest BCUT2D eigenvalue weighted by molar-refractivity contribution is 4.78. The van der Waals surface area contributed by atoms with Crippen molar-refractivity contribution in [2.75, 3.05) is 40.3 Å². The Morgan fingerprint density at radius 2 is 1.78 bits per heavy atom. The largest absolute Gasteiger partial charge is 0.393 e. The Hall–Kier alpha value is -0.120. The summed E-state index contributed by atoms with van der Waals surface area (Å²) < 4.78 is 0. The molecule has 0 amide bonds. The molecule has 3 heteroatoms. The number of aliphatic hydroxyl groups is 1. The fourth-order valence-corrected chi connectivity index (χ4v) is 2.85. The van der Waals surface area contributed by atoms with Crippen molar-refractivity contribution in [1.82, 2.24) is 9.80 Å². The van der Waals surface area contributed by atoms with Gasteiger partial charge in [-0.2, -0.15) is 0 Å². The van der Waals surface area contributed by atoms with Gasteiger partial charge in [0, 0.05) is 26.2 Å². The minimum absolute atomic E-state index is 0.0623. The van der Waals surface area contributed by atoms with Crippen LogP contribution in [0.25, 0.3) is 0 Å². The molecule has 0 aliphatic heterocycles. The molecule has 1 rings (SSSR count). The zero-order valence-corrected chi connectivity index (χ0v) is 12.7. The summed E-state index contributed by atoms with van der Waals surface area (Å²) in [7, 11) is 4.26. The summed E-state index contributed by atoms with van der Waals surface area (Å²) in [6, 6.07) is 0. The maximum atomic E-state index is 10.1. The molecule has 0 aromatic heterocycles. The summed E-state index contributed by atoms with van der Waals surface area (Å²) >= 11 is 0. The van der Waals surface area contributed by atoms with Crippen LogP contribution in [-0.4, -0.2) is 61.3 Å². The van der Waals surface area contributed by atoms with E-state index in [4.69, 9.17) is 0 Å². The third-order valence-electron chi connectivity index (χ3n) is 3.85. The average molecular weight is 256 g/mol. The van der Waals surface area contributed by atoms with Crippen molar-refractivity contribution in [2.45, 2.75) is 45.6 Å². The van der Waals surface area contributed by atoms with Crippen LogP contribution in [0.2, 0.25) is 0 Å². The number of aliphatic hydroxyl groups excluding tert-OH is 1. The van der Waals surface area contributed by atoms with E-state index in [1.807, 2.05) is 0 Å². The van der Waals surface area contributed by atoms with Gasteiger partial charge in [-0.05, 0) is 38.8 Å². The predicted molar refractivity (Wildman–Crippen MR) is 77.8 cm³/mol. The summed E-state index contributed by atoms with van der Waals surface area (Å²) in [5.41, 5.74) is 0. The van der Waals surface area contributed by atoms with Gasteiger partial charge in [0.2, 0.25) is 0 Å². The second kappa shape index (κ2) is 8.13. The fourth-order valence-electron chi connectivity index (χ4n) is 2.85. The lowest BCUT2D eigenvalue weighted by molar-refractivity contribution is 0.0427. The maximum absolute atomic E-state index is 10.1. The van der Waals surface area contributed by atoms with Crippen LogP contribution < -0.4 is 0 Å². The molecule has 2 atom stereocenters. The van der Waals surface area contributed by atoms with E-state index >= 15 is 0 Å². The van der Waals surface area contributed by atoms with Crippen LogP contribution in [0.5, 0.6) is 0 Å². The summed E-state index contributed by atoms with van der Waals surface area (Å²) in [6.07, 6.45) is 4.66. The molecule has 0 saturated heterocycles. The molecule has 0 aromatic carbocycles. The normalized spacial score (nSPS) is 25.3. The van der Waals surface area contributed by atoms with Crippen molar-refractivity contribution in [3.05, 3.63) is 0 Å². The number of rotatable bonds is 7. The second-order valence-corrected chi connectivity index (χ2v) is 6.57. The third kappa shape index (κ3) is 6.17. The Labute approximate surface area is 113 Å². The summed E-state index contributed by atoms with van der Waals surface area (Å²) in [5.74, 6) is 1.20. The van der Waals surface area contributed by atoms with E-state index in [1.54, 1.807) is 0 Å². The number of likely N-dealkylation sites (N-methyl/N-ethyl adjacent to an activating group) is 1. The SMILES string of the molecule is CC(C)CN(CCN(C)C)CC1CCCCC1O. The minimum Gasteiger partial charge on any atom is -0.393 e. The highest BCUT2D eigenvalue weighted by Crippen LogP contribution is 2.25. The lowest BCUT2D eigenvalue weighted by atomic mass is 9.86. The van der Waals surface area contributed by atoms with E-state index < -0.39 is 0 Å². The number of hydrogen-bond acceptors (Lipinski definition) is 3. The standard InChI is InChI=1S/C15H32N2O/c1-13(2)11-17(10-9-16(3)4)12-14-7-5-6-8-15(14)18/h13-15,18H,5-12H2,1-4H3. The molecule has 1 saturated carbocycles. The van der Waals surface area contributed by atoms with E-state index in [2.05, 4.69) is 37.7 Å². The first-order chi connectivity index (χ1) is 8.49. The van der Waals surface area contributed by atoms with Gasteiger partial charge < -0.3 is 14.9 Å². The van der Waals surface area contributed by atoms with Crippen LogP contribution in [-0.2, 0) is 0 Å². The molecule has 0 spiro atoms. The zero-order chi connectivity index (χ0) is 13.5. The molecule has 0 heterocycles. The van der Waals surface area contributed by atoms with E-state index in [9.17, 15) is 5.11 Å². The van der Waals surface area contributed by atoms with Gasteiger partial charge in [0.05, 0.1) is 6.10 Å². The van der Waals surface area contributed by atoms with E-state index in [1.165, 1.54) is 19.3 Å². The lowest BCUT2D eigenvalue weighted by Crippen LogP contribution is -2.41. The average Bonchev–Trinajstić information content (AvgIpc) is 2.28. The zero-order valence-electron chi connectivity index (χ0n) is 12.7. The summed E-state index contributed by atoms with van der Waals surface area (Å²) in [5, 5.41) is 10.1. The van der Waals surface area contributed by atoms with Gasteiger partial charge >= 0.3 is 0 Å². The molecule has 108 valence electrons. The summed E-state index contributed by atoms with van der Waals surface area (Å²) in [6.45, 7) is 9.01. The van der Waals surface area contributed by atoms with Crippen molar-refractivity contribution in [1.29, 1.82) is 0 Å². The molecule has 2 unspecified atom stereocenters. The van der Waals surface area contributed by atoms with Crippen LogP contribution in [0.1, 0.15) is 39.5 Å². The molecule has 0 aromatic rings. The van der Waals surface area contributed by atoms with Gasteiger partial charge in [0.1, 0.15) is 0 Å². The van der Waals surface area contributed by atoms with Crippen molar-refractivity contribution in [3.63, 3.8) is 0 Å². The first-order valence-corrected chi connectivity index (χ1v) is 7.54. The van der Waals surface area contributed by atoms with Crippen molar-refractivity contribution < 1.29 is 5.11 Å². The second-order valence-electron chi connectivity index (χ2n) is 6.57. The smallest absolute Gasteiger partial charge is 0.0580 e. The number of nitrogens with zero attached hydrogens (tertiary/aromatic N) is 2. The first-order valence-electron chi connectivity index (χ1n) is 7.54. The molecule has 3 nitrogen and oxygen atoms in total. The van der Waals surface area contributed by atoms with Crippen molar-refractivity contribution in [2.24, 2.45) is 11.8 Å². The monoisotopic (exact) mass is 256 g/mol. The Morgan fingerprint density at radius 1 is 1.11 bits per heavy atom. The van der Waals surface area contributed by atoms with Gasteiger partial charge in [-0.25, -0.2) is 0 Å². The van der Waals surface area contributed by atoms with Crippen LogP contribution in [0, 0.1) is 11.8 Å². The Balaban J connectivity index is 2.42. The molecule has 0 radical (unpaired) electrons. The highest BCUT2D eigenvalue weighted by Gasteiger charge is 2.25. The summed E-state index contributed by atoms with van der Waals surface area (Å²) in [4.78, 5) is 4.79. The molecule has 18 heavy (non-hydrogen) atoms. The molecular formula is C15H32N2O. The molecule has 1 aliphatic carbocycles. The fraction of sp³-hybridized carbons (Fsp3) is 1.00. The molecule has 0 bridgehead atoms. The van der Waals surface area contributed by atoms with Crippen molar-refractivity contribution >= 4 is 0 Å². The molecule has 1 fully saturated rings. The van der Waals surface area contributed by atoms with Crippen LogP contribution >= 0.6 is 0 Å². The maximum Gasteiger partial charge on any atom is 0.0580 e. The van der Waals surface area contributed by atoms with Gasteiger partial charge in [-0.3, -0.25) is 0 Å². The van der Waals surface area contributed by atoms with Gasteiger partial charge in [-0.15, -0.1) is 0 Å². The number of hydrogen-bond donors (Lipinski definition) is 1. The van der Waals surface area contributed by atoms with Crippen LogP contribution in [0.3, 0.4) is 0 Å².